The molecule has 2 rings (SSSR count). The van der Waals surface area contributed by atoms with Gasteiger partial charge >= 0.3 is 0 Å². The van der Waals surface area contributed by atoms with Crippen molar-refractivity contribution >= 4 is 10.0 Å². The summed E-state index contributed by atoms with van der Waals surface area (Å²) in [6.45, 7) is 1.96. The van der Waals surface area contributed by atoms with Crippen molar-refractivity contribution in [1.82, 2.24) is 4.31 Å². The number of nitrogens with zero attached hydrogens (tertiary/aromatic N) is 1. The normalized spacial score (nSPS) is 33.1. The molecule has 0 bridgehead atoms. The molecule has 1 aliphatic heterocycles. The van der Waals surface area contributed by atoms with Crippen molar-refractivity contribution in [3.63, 3.8) is 0 Å². The predicted octanol–water partition coefficient (Wildman–Crippen LogP) is 1.35. The molecule has 4 nitrogen and oxygen atoms in total. The summed E-state index contributed by atoms with van der Waals surface area (Å²) < 4.78 is 26.4. The molecule has 2 fully saturated rings. The quantitative estimate of drug-likeness (QED) is 0.834. The molecule has 1 saturated heterocycles. The molecule has 17 heavy (non-hydrogen) atoms. The monoisotopic (exact) mass is 261 g/mol. The Bertz CT molecular complexity index is 353. The minimum Gasteiger partial charge on any atom is -0.395 e. The Labute approximate surface area is 104 Å². The SMILES string of the molecule is CC(CO)S(=O)(=O)N1CCCC2CCCCC21. The Hall–Kier alpha value is -0.130. The number of piperidine rings is 1. The van der Waals surface area contributed by atoms with Crippen LogP contribution in [0.4, 0.5) is 0 Å². The van der Waals surface area contributed by atoms with Crippen LogP contribution in [0.2, 0.25) is 0 Å². The van der Waals surface area contributed by atoms with Gasteiger partial charge in [-0.3, -0.25) is 0 Å². The maximum atomic E-state index is 12.3. The van der Waals surface area contributed by atoms with Gasteiger partial charge < -0.3 is 5.11 Å². The summed E-state index contributed by atoms with van der Waals surface area (Å²) in [6, 6.07) is 0.205. The van der Waals surface area contributed by atoms with Gasteiger partial charge in [0.25, 0.3) is 0 Å². The van der Waals surface area contributed by atoms with Crippen LogP contribution in [-0.2, 0) is 10.0 Å². The summed E-state index contributed by atoms with van der Waals surface area (Å²) in [6.07, 6.45) is 6.69. The second-order valence-corrected chi connectivity index (χ2v) is 7.71. The summed E-state index contributed by atoms with van der Waals surface area (Å²) in [7, 11) is -3.30. The molecule has 3 atom stereocenters. The summed E-state index contributed by atoms with van der Waals surface area (Å²) in [4.78, 5) is 0. The lowest BCUT2D eigenvalue weighted by Crippen LogP contribution is -2.52. The van der Waals surface area contributed by atoms with Crippen LogP contribution in [-0.4, -0.2) is 42.3 Å². The van der Waals surface area contributed by atoms with Crippen LogP contribution in [0.3, 0.4) is 0 Å². The number of aliphatic hydroxyl groups excluding tert-OH is 1. The summed E-state index contributed by atoms with van der Waals surface area (Å²) in [5.74, 6) is 0.554. The Kier molecular flexibility index (Phi) is 4.10. The van der Waals surface area contributed by atoms with Crippen LogP contribution >= 0.6 is 0 Å². The Balaban J connectivity index is 2.19. The Morgan fingerprint density at radius 3 is 2.59 bits per heavy atom. The fourth-order valence-electron chi connectivity index (χ4n) is 3.22. The Morgan fingerprint density at radius 1 is 1.24 bits per heavy atom. The molecule has 0 aromatic rings. The van der Waals surface area contributed by atoms with E-state index in [-0.39, 0.29) is 12.6 Å². The fourth-order valence-corrected chi connectivity index (χ4v) is 4.91. The van der Waals surface area contributed by atoms with Crippen molar-refractivity contribution < 1.29 is 13.5 Å². The van der Waals surface area contributed by atoms with Gasteiger partial charge in [0.2, 0.25) is 10.0 Å². The van der Waals surface area contributed by atoms with Gasteiger partial charge in [-0.05, 0) is 38.5 Å². The van der Waals surface area contributed by atoms with Gasteiger partial charge in [-0.2, -0.15) is 4.31 Å². The average molecular weight is 261 g/mol. The summed E-state index contributed by atoms with van der Waals surface area (Å²) in [5.41, 5.74) is 0. The third kappa shape index (κ3) is 2.51. The van der Waals surface area contributed by atoms with E-state index in [0.717, 1.165) is 19.3 Å². The van der Waals surface area contributed by atoms with Crippen molar-refractivity contribution in [2.24, 2.45) is 5.92 Å². The molecule has 1 aliphatic carbocycles. The zero-order chi connectivity index (χ0) is 12.5. The number of hydrogen-bond acceptors (Lipinski definition) is 3. The highest BCUT2D eigenvalue weighted by Gasteiger charge is 2.40. The number of rotatable bonds is 3. The van der Waals surface area contributed by atoms with Gasteiger partial charge in [0.05, 0.1) is 11.9 Å². The van der Waals surface area contributed by atoms with Crippen LogP contribution in [0, 0.1) is 5.92 Å². The van der Waals surface area contributed by atoms with Crippen molar-refractivity contribution in [2.45, 2.75) is 56.7 Å². The molecule has 0 amide bonds. The predicted molar refractivity (Wildman–Crippen MR) is 67.2 cm³/mol. The van der Waals surface area contributed by atoms with Crippen molar-refractivity contribution in [1.29, 1.82) is 0 Å². The molecule has 0 aromatic heterocycles. The molecule has 1 heterocycles. The van der Waals surface area contributed by atoms with Gasteiger partial charge in [0, 0.05) is 12.6 Å². The second kappa shape index (κ2) is 5.24. The highest BCUT2D eigenvalue weighted by molar-refractivity contribution is 7.89. The molecule has 3 unspecified atom stereocenters. The first-order valence-corrected chi connectivity index (χ1v) is 8.19. The van der Waals surface area contributed by atoms with Gasteiger partial charge in [-0.15, -0.1) is 0 Å². The highest BCUT2D eigenvalue weighted by atomic mass is 32.2. The maximum Gasteiger partial charge on any atom is 0.219 e. The number of aliphatic hydroxyl groups is 1. The van der Waals surface area contributed by atoms with Crippen molar-refractivity contribution in [3.05, 3.63) is 0 Å². The number of fused-ring (bicyclic) bond motifs is 1. The van der Waals surface area contributed by atoms with Crippen molar-refractivity contribution in [2.75, 3.05) is 13.2 Å². The molecule has 1 saturated carbocycles. The fraction of sp³-hybridized carbons (Fsp3) is 1.00. The van der Waals surface area contributed by atoms with E-state index in [1.54, 1.807) is 11.2 Å². The van der Waals surface area contributed by atoms with Crippen molar-refractivity contribution in [3.8, 4) is 0 Å². The molecule has 0 radical (unpaired) electrons. The third-order valence-corrected chi connectivity index (χ3v) is 6.56. The Morgan fingerprint density at radius 2 is 1.88 bits per heavy atom. The highest BCUT2D eigenvalue weighted by Crippen LogP contribution is 2.37. The first-order valence-electron chi connectivity index (χ1n) is 6.69. The minimum atomic E-state index is -3.30. The standard InChI is InChI=1S/C12H23NO3S/c1-10(9-14)17(15,16)13-8-4-6-11-5-2-3-7-12(11)13/h10-12,14H,2-9H2,1H3. The van der Waals surface area contributed by atoms with E-state index in [1.807, 2.05) is 0 Å². The van der Waals surface area contributed by atoms with Crippen LogP contribution in [0.1, 0.15) is 45.4 Å². The number of sulfonamides is 1. The van der Waals surface area contributed by atoms with Gasteiger partial charge in [0.15, 0.2) is 0 Å². The van der Waals surface area contributed by atoms with E-state index in [0.29, 0.717) is 12.5 Å². The van der Waals surface area contributed by atoms with E-state index < -0.39 is 15.3 Å². The lowest BCUT2D eigenvalue weighted by atomic mass is 9.79. The third-order valence-electron chi connectivity index (χ3n) is 4.28. The summed E-state index contributed by atoms with van der Waals surface area (Å²) in [5, 5.41) is 8.43. The van der Waals surface area contributed by atoms with Crippen LogP contribution in [0.5, 0.6) is 0 Å². The van der Waals surface area contributed by atoms with E-state index in [4.69, 9.17) is 5.11 Å². The van der Waals surface area contributed by atoms with Gasteiger partial charge in [-0.25, -0.2) is 8.42 Å². The minimum absolute atomic E-state index is 0.205. The largest absolute Gasteiger partial charge is 0.395 e. The van der Waals surface area contributed by atoms with E-state index in [9.17, 15) is 8.42 Å². The van der Waals surface area contributed by atoms with Crippen LogP contribution in [0.25, 0.3) is 0 Å². The second-order valence-electron chi connectivity index (χ2n) is 5.40. The molecular formula is C12H23NO3S. The average Bonchev–Trinajstić information content (AvgIpc) is 2.37. The smallest absolute Gasteiger partial charge is 0.219 e. The van der Waals surface area contributed by atoms with E-state index in [1.165, 1.54) is 19.3 Å². The van der Waals surface area contributed by atoms with Gasteiger partial charge in [0.1, 0.15) is 0 Å². The lowest BCUT2D eigenvalue weighted by molar-refractivity contribution is 0.127. The molecule has 1 N–H and O–H groups in total. The molecule has 100 valence electrons. The van der Waals surface area contributed by atoms with Gasteiger partial charge in [-0.1, -0.05) is 12.8 Å². The molecule has 0 spiro atoms. The maximum absolute atomic E-state index is 12.3. The van der Waals surface area contributed by atoms with Crippen LogP contribution in [0.15, 0.2) is 0 Å². The lowest BCUT2D eigenvalue weighted by Gasteiger charge is -2.43. The molecule has 0 aromatic carbocycles. The van der Waals surface area contributed by atoms with E-state index in [2.05, 4.69) is 0 Å². The zero-order valence-corrected chi connectivity index (χ0v) is 11.3. The zero-order valence-electron chi connectivity index (χ0n) is 10.5. The number of hydrogen-bond donors (Lipinski definition) is 1. The molecular weight excluding hydrogens is 238 g/mol. The van der Waals surface area contributed by atoms with E-state index >= 15 is 0 Å². The molecule has 5 heteroatoms. The molecule has 2 aliphatic rings. The first-order chi connectivity index (χ1) is 8.07. The first kappa shape index (κ1) is 13.3. The topological polar surface area (TPSA) is 57.6 Å². The van der Waals surface area contributed by atoms with Crippen LogP contribution < -0.4 is 0 Å². The summed E-state index contributed by atoms with van der Waals surface area (Å²) >= 11 is 0.